The lowest BCUT2D eigenvalue weighted by molar-refractivity contribution is 0.00921. The van der Waals surface area contributed by atoms with E-state index in [9.17, 15) is 20.0 Å². The van der Waals surface area contributed by atoms with E-state index in [0.29, 0.717) is 44.8 Å². The highest BCUT2D eigenvalue weighted by Gasteiger charge is 2.46. The van der Waals surface area contributed by atoms with Gasteiger partial charge in [0.2, 0.25) is 0 Å². The number of anilines is 2. The molecule has 3 aliphatic rings. The van der Waals surface area contributed by atoms with Gasteiger partial charge in [0.15, 0.2) is 8.32 Å². The molecule has 3 aromatic rings. The number of amides is 2. The van der Waals surface area contributed by atoms with E-state index in [1.165, 1.54) is 4.90 Å². The summed E-state index contributed by atoms with van der Waals surface area (Å²) in [6.07, 6.45) is -0.289. The third-order valence-corrected chi connectivity index (χ3v) is 15.7. The number of carbonyl (C=O) groups excluding carboxylic acids is 1. The van der Waals surface area contributed by atoms with Crippen LogP contribution >= 0.6 is 0 Å². The lowest BCUT2D eigenvalue weighted by atomic mass is 10.0. The molecule has 0 aliphatic carbocycles. The van der Waals surface area contributed by atoms with Crippen molar-refractivity contribution < 1.29 is 28.6 Å². The Kier molecular flexibility index (Phi) is 11.0. The Morgan fingerprint density at radius 2 is 1.70 bits per heavy atom. The summed E-state index contributed by atoms with van der Waals surface area (Å²) in [6.45, 7) is 19.5. The standard InChI is InChI=1S/C40H55N7O6Si/c1-39(2,3)52-38(50)47-21-18-34(53-54(7,8)40(4,5)6)33(47)26-51-36-42-31-25-44(32-15-11-13-27-12-9-10-14-29(27)32)20-17-30(31)35(43-36)45-22-23-46(37(48)49)28(24-45)16-19-41/h9-15,28,33-34H,16-18,20-26H2,1-8H3,(H,48,49)/t28-,33+,34-/m0/s1. The fourth-order valence-corrected chi connectivity index (χ4v) is 8.79. The van der Waals surface area contributed by atoms with Crippen molar-refractivity contribution in [2.45, 2.75) is 109 Å². The molecule has 2 aromatic carbocycles. The summed E-state index contributed by atoms with van der Waals surface area (Å²) in [6, 6.07) is 16.1. The van der Waals surface area contributed by atoms with Crippen LogP contribution in [0.3, 0.4) is 0 Å². The highest BCUT2D eigenvalue weighted by molar-refractivity contribution is 6.74. The first-order valence-electron chi connectivity index (χ1n) is 19.0. The molecule has 54 heavy (non-hydrogen) atoms. The van der Waals surface area contributed by atoms with Crippen LogP contribution in [-0.4, -0.2) is 108 Å². The number of nitrogens with zero attached hydrogens (tertiary/aromatic N) is 7. The van der Waals surface area contributed by atoms with E-state index in [-0.39, 0.29) is 36.7 Å². The predicted molar refractivity (Wildman–Crippen MR) is 211 cm³/mol. The van der Waals surface area contributed by atoms with Gasteiger partial charge >= 0.3 is 18.2 Å². The lowest BCUT2D eigenvalue weighted by Crippen LogP contribution is -2.55. The number of carboxylic acid groups (broad SMARTS) is 1. The number of nitriles is 1. The quantitative estimate of drug-likeness (QED) is 0.236. The molecule has 14 heteroatoms. The van der Waals surface area contributed by atoms with E-state index in [1.807, 2.05) is 26.8 Å². The van der Waals surface area contributed by atoms with Gasteiger partial charge in [0.05, 0.1) is 42.9 Å². The Bertz CT molecular complexity index is 1900. The van der Waals surface area contributed by atoms with Crippen LogP contribution in [0.15, 0.2) is 42.5 Å². The first kappa shape index (κ1) is 39.1. The zero-order valence-corrected chi connectivity index (χ0v) is 34.0. The summed E-state index contributed by atoms with van der Waals surface area (Å²) < 4.78 is 19.3. The molecule has 6 rings (SSSR count). The predicted octanol–water partition coefficient (Wildman–Crippen LogP) is 7.05. The molecule has 0 saturated carbocycles. The fourth-order valence-electron chi connectivity index (χ4n) is 7.41. The van der Waals surface area contributed by atoms with E-state index in [4.69, 9.17) is 23.9 Å². The molecule has 0 bridgehead atoms. The topological polar surface area (TPSA) is 145 Å². The van der Waals surface area contributed by atoms with Crippen molar-refractivity contribution in [3.05, 3.63) is 53.7 Å². The number of fused-ring (bicyclic) bond motifs is 2. The summed E-state index contributed by atoms with van der Waals surface area (Å²) >= 11 is 0. The average Bonchev–Trinajstić information content (AvgIpc) is 3.50. The molecular weight excluding hydrogens is 703 g/mol. The van der Waals surface area contributed by atoms with Crippen LogP contribution in [0.1, 0.15) is 65.6 Å². The first-order chi connectivity index (χ1) is 25.5. The monoisotopic (exact) mass is 757 g/mol. The average molecular weight is 758 g/mol. The molecule has 0 unspecified atom stereocenters. The molecule has 2 amide bonds. The minimum atomic E-state index is -2.22. The van der Waals surface area contributed by atoms with Gasteiger partial charge in [-0.15, -0.1) is 0 Å². The maximum atomic E-state index is 13.6. The minimum absolute atomic E-state index is 0.0295. The van der Waals surface area contributed by atoms with Crippen LogP contribution in [-0.2, 0) is 22.1 Å². The van der Waals surface area contributed by atoms with Crippen molar-refractivity contribution in [1.29, 1.82) is 5.26 Å². The molecule has 3 atom stereocenters. The molecule has 290 valence electrons. The van der Waals surface area contributed by atoms with E-state index >= 15 is 0 Å². The van der Waals surface area contributed by atoms with E-state index in [0.717, 1.165) is 34.3 Å². The summed E-state index contributed by atoms with van der Waals surface area (Å²) in [7, 11) is -2.22. The molecular formula is C40H55N7O6Si. The number of hydrogen-bond donors (Lipinski definition) is 1. The highest BCUT2D eigenvalue weighted by atomic mass is 28.4. The number of hydrogen-bond acceptors (Lipinski definition) is 10. The Morgan fingerprint density at radius 3 is 2.41 bits per heavy atom. The number of benzene rings is 2. The zero-order chi connectivity index (χ0) is 39.0. The molecule has 3 aliphatic heterocycles. The summed E-state index contributed by atoms with van der Waals surface area (Å²) in [5.74, 6) is 0.699. The summed E-state index contributed by atoms with van der Waals surface area (Å²) in [4.78, 5) is 43.1. The number of carbonyl (C=O) groups is 2. The second-order valence-corrected chi connectivity index (χ2v) is 21.9. The number of ether oxygens (including phenoxy) is 2. The summed E-state index contributed by atoms with van der Waals surface area (Å²) in [5, 5.41) is 21.7. The van der Waals surface area contributed by atoms with Crippen LogP contribution in [0, 0.1) is 11.3 Å². The Balaban J connectivity index is 1.34. The largest absolute Gasteiger partial charge is 0.465 e. The second-order valence-electron chi connectivity index (χ2n) is 17.1. The smallest absolute Gasteiger partial charge is 0.410 e. The molecule has 1 aromatic heterocycles. The van der Waals surface area contributed by atoms with E-state index in [1.54, 1.807) is 4.90 Å². The van der Waals surface area contributed by atoms with Gasteiger partial charge in [-0.05, 0) is 63.2 Å². The van der Waals surface area contributed by atoms with Crippen LogP contribution in [0.2, 0.25) is 18.1 Å². The van der Waals surface area contributed by atoms with Gasteiger partial charge in [0, 0.05) is 49.4 Å². The Labute approximate surface area is 319 Å². The SMILES string of the molecule is CC(C)(C)OC(=O)N1CC[C@H](O[Si](C)(C)C(C)(C)C)[C@H]1COc1nc2c(c(N3CCN(C(=O)O)[C@@H](CC#N)C3)n1)CCN(c1cccc3ccccc13)C2. The molecule has 0 spiro atoms. The molecule has 2 saturated heterocycles. The van der Waals surface area contributed by atoms with E-state index in [2.05, 4.69) is 86.1 Å². The molecule has 2 fully saturated rings. The van der Waals surface area contributed by atoms with Gasteiger partial charge in [0.25, 0.3) is 0 Å². The maximum absolute atomic E-state index is 13.6. The van der Waals surface area contributed by atoms with Crippen LogP contribution in [0.25, 0.3) is 10.8 Å². The van der Waals surface area contributed by atoms with Crippen molar-refractivity contribution >= 4 is 42.8 Å². The number of piperazine rings is 1. The molecule has 1 N–H and O–H groups in total. The maximum Gasteiger partial charge on any atom is 0.410 e. The van der Waals surface area contributed by atoms with E-state index < -0.39 is 38.2 Å². The van der Waals surface area contributed by atoms with Gasteiger partial charge in [0.1, 0.15) is 18.0 Å². The van der Waals surface area contributed by atoms with Crippen molar-refractivity contribution in [1.82, 2.24) is 19.8 Å². The Hall–Kier alpha value is -4.61. The third kappa shape index (κ3) is 8.37. The van der Waals surface area contributed by atoms with Gasteiger partial charge in [-0.1, -0.05) is 57.2 Å². The lowest BCUT2D eigenvalue weighted by Gasteiger charge is -2.41. The van der Waals surface area contributed by atoms with Gasteiger partial charge in [-0.2, -0.15) is 15.2 Å². The molecule has 4 heterocycles. The minimum Gasteiger partial charge on any atom is -0.465 e. The Morgan fingerprint density at radius 1 is 0.963 bits per heavy atom. The molecule has 0 radical (unpaired) electrons. The normalized spacial score (nSPS) is 20.8. The number of likely N-dealkylation sites (tertiary alicyclic amines) is 1. The first-order valence-corrected chi connectivity index (χ1v) is 21.9. The van der Waals surface area contributed by atoms with Crippen LogP contribution < -0.4 is 14.5 Å². The summed E-state index contributed by atoms with van der Waals surface area (Å²) in [5.41, 5.74) is 2.28. The van der Waals surface area contributed by atoms with Crippen LogP contribution in [0.5, 0.6) is 6.01 Å². The van der Waals surface area contributed by atoms with Crippen molar-refractivity contribution in [2.75, 3.05) is 49.1 Å². The van der Waals surface area contributed by atoms with Gasteiger partial charge in [-0.25, -0.2) is 9.59 Å². The second kappa shape index (κ2) is 15.3. The van der Waals surface area contributed by atoms with Crippen LogP contribution in [0.4, 0.5) is 21.1 Å². The zero-order valence-electron chi connectivity index (χ0n) is 33.0. The van der Waals surface area contributed by atoms with Gasteiger partial charge < -0.3 is 33.7 Å². The third-order valence-electron chi connectivity index (χ3n) is 11.2. The highest BCUT2D eigenvalue weighted by Crippen LogP contribution is 2.40. The van der Waals surface area contributed by atoms with Crippen molar-refractivity contribution in [2.24, 2.45) is 0 Å². The van der Waals surface area contributed by atoms with Gasteiger partial charge in [-0.3, -0.25) is 4.90 Å². The fraction of sp³-hybridized carbons (Fsp3) is 0.575. The number of aromatic nitrogens is 2. The number of rotatable bonds is 8. The van der Waals surface area contributed by atoms with Crippen molar-refractivity contribution in [3.8, 4) is 12.1 Å². The van der Waals surface area contributed by atoms with Crippen molar-refractivity contribution in [3.63, 3.8) is 0 Å². The molecule has 13 nitrogen and oxygen atoms in total.